The van der Waals surface area contributed by atoms with Gasteiger partial charge in [-0.25, -0.2) is 0 Å². The van der Waals surface area contributed by atoms with Crippen molar-refractivity contribution in [1.29, 1.82) is 0 Å². The molecule has 86 valence electrons. The number of aldehydes is 1. The Balaban J connectivity index is 1.85. The number of carbonyl (C=O) groups excluding carboxylic acids is 1. The Bertz CT molecular complexity index is 602. The zero-order valence-electron chi connectivity index (χ0n) is 9.70. The molecule has 1 aromatic heterocycles. The molecule has 2 aliphatic rings. The number of fused-ring (bicyclic) bond motifs is 1. The third kappa shape index (κ3) is 1.24. The summed E-state index contributed by atoms with van der Waals surface area (Å²) in [4.78, 5) is 14.1. The van der Waals surface area contributed by atoms with E-state index in [1.807, 2.05) is 0 Å². The summed E-state index contributed by atoms with van der Waals surface area (Å²) in [6.45, 7) is 0. The van der Waals surface area contributed by atoms with E-state index in [9.17, 15) is 4.79 Å². The summed E-state index contributed by atoms with van der Waals surface area (Å²) in [6.07, 6.45) is 8.24. The minimum absolute atomic E-state index is 0.501. The van der Waals surface area contributed by atoms with Crippen molar-refractivity contribution in [3.63, 3.8) is 0 Å². The summed E-state index contributed by atoms with van der Waals surface area (Å²) >= 11 is 0. The molecule has 4 rings (SSSR count). The molecule has 1 N–H and O–H groups in total. The molecule has 2 fully saturated rings. The van der Waals surface area contributed by atoms with Crippen LogP contribution in [0.15, 0.2) is 24.4 Å². The van der Waals surface area contributed by atoms with E-state index in [2.05, 4.69) is 23.2 Å². The van der Waals surface area contributed by atoms with Crippen LogP contribution in [0.3, 0.4) is 0 Å². The maximum absolute atomic E-state index is 10.9. The lowest BCUT2D eigenvalue weighted by atomic mass is 9.90. The highest BCUT2D eigenvalue weighted by Gasteiger charge is 2.54. The van der Waals surface area contributed by atoms with Crippen LogP contribution in [0.4, 0.5) is 0 Å². The Morgan fingerprint density at radius 1 is 1.29 bits per heavy atom. The molecule has 1 aromatic carbocycles. The van der Waals surface area contributed by atoms with Gasteiger partial charge in [-0.1, -0.05) is 12.1 Å². The summed E-state index contributed by atoms with van der Waals surface area (Å²) in [6, 6.07) is 6.59. The Kier molecular flexibility index (Phi) is 1.67. The zero-order chi connectivity index (χ0) is 11.5. The monoisotopic (exact) mass is 225 g/mol. The molecule has 0 aliphatic heterocycles. The van der Waals surface area contributed by atoms with Crippen LogP contribution < -0.4 is 0 Å². The van der Waals surface area contributed by atoms with Crippen LogP contribution in [0.2, 0.25) is 0 Å². The fourth-order valence-electron chi connectivity index (χ4n) is 3.26. The second-order valence-electron chi connectivity index (χ2n) is 5.55. The molecule has 0 bridgehead atoms. The quantitative estimate of drug-likeness (QED) is 0.798. The van der Waals surface area contributed by atoms with Gasteiger partial charge in [0.05, 0.1) is 0 Å². The standard InChI is InChI=1S/C15H15NO/c17-9-10-8-16-14-7-12(3-4-13(10)14)15(5-6-15)11-1-2-11/h3-4,7-9,11,16H,1-2,5-6H2. The van der Waals surface area contributed by atoms with Crippen LogP contribution in [0, 0.1) is 5.92 Å². The summed E-state index contributed by atoms with van der Waals surface area (Å²) in [5.74, 6) is 0.931. The maximum Gasteiger partial charge on any atom is 0.152 e. The van der Waals surface area contributed by atoms with Gasteiger partial charge in [0.15, 0.2) is 6.29 Å². The number of carbonyl (C=O) groups is 1. The highest BCUT2D eigenvalue weighted by atomic mass is 16.1. The van der Waals surface area contributed by atoms with Gasteiger partial charge in [0, 0.05) is 22.7 Å². The fourth-order valence-corrected chi connectivity index (χ4v) is 3.26. The first-order chi connectivity index (χ1) is 8.33. The predicted octanol–water partition coefficient (Wildman–Crippen LogP) is 3.42. The molecule has 2 saturated carbocycles. The van der Waals surface area contributed by atoms with Crippen molar-refractivity contribution in [3.05, 3.63) is 35.5 Å². The SMILES string of the molecule is O=Cc1c[nH]c2cc(C3(C4CC4)CC3)ccc12. The lowest BCUT2D eigenvalue weighted by molar-refractivity contribution is 0.112. The Labute approximate surface area is 100 Å². The second-order valence-corrected chi connectivity index (χ2v) is 5.55. The number of hydrogen-bond acceptors (Lipinski definition) is 1. The van der Waals surface area contributed by atoms with E-state index in [0.29, 0.717) is 5.41 Å². The van der Waals surface area contributed by atoms with Crippen molar-refractivity contribution in [3.8, 4) is 0 Å². The Morgan fingerprint density at radius 2 is 2.12 bits per heavy atom. The van der Waals surface area contributed by atoms with E-state index in [1.54, 1.807) is 6.20 Å². The first kappa shape index (κ1) is 9.46. The van der Waals surface area contributed by atoms with Gasteiger partial charge in [-0.05, 0) is 48.6 Å². The maximum atomic E-state index is 10.9. The first-order valence-electron chi connectivity index (χ1n) is 6.40. The number of aromatic nitrogens is 1. The summed E-state index contributed by atoms with van der Waals surface area (Å²) < 4.78 is 0. The minimum atomic E-state index is 0.501. The predicted molar refractivity (Wildman–Crippen MR) is 67.3 cm³/mol. The van der Waals surface area contributed by atoms with E-state index < -0.39 is 0 Å². The number of hydrogen-bond donors (Lipinski definition) is 1. The van der Waals surface area contributed by atoms with Gasteiger partial charge in [0.25, 0.3) is 0 Å². The van der Waals surface area contributed by atoms with Crippen molar-refractivity contribution < 1.29 is 4.79 Å². The van der Waals surface area contributed by atoms with Crippen molar-refractivity contribution in [2.75, 3.05) is 0 Å². The van der Waals surface area contributed by atoms with Crippen LogP contribution in [0.25, 0.3) is 10.9 Å². The van der Waals surface area contributed by atoms with E-state index in [0.717, 1.165) is 28.7 Å². The molecular weight excluding hydrogens is 210 g/mol. The molecule has 0 unspecified atom stereocenters. The molecule has 0 radical (unpaired) electrons. The van der Waals surface area contributed by atoms with E-state index in [-0.39, 0.29) is 0 Å². The summed E-state index contributed by atoms with van der Waals surface area (Å²) in [7, 11) is 0. The van der Waals surface area contributed by atoms with Crippen LogP contribution in [0.5, 0.6) is 0 Å². The van der Waals surface area contributed by atoms with E-state index in [1.165, 1.54) is 31.2 Å². The van der Waals surface area contributed by atoms with Crippen molar-refractivity contribution in [1.82, 2.24) is 4.98 Å². The number of aromatic amines is 1. The number of nitrogens with one attached hydrogen (secondary N) is 1. The molecule has 2 aliphatic carbocycles. The fraction of sp³-hybridized carbons (Fsp3) is 0.400. The average molecular weight is 225 g/mol. The highest BCUT2D eigenvalue weighted by molar-refractivity contribution is 5.97. The van der Waals surface area contributed by atoms with Crippen LogP contribution in [-0.2, 0) is 5.41 Å². The van der Waals surface area contributed by atoms with Crippen LogP contribution >= 0.6 is 0 Å². The molecule has 2 aromatic rings. The molecule has 1 heterocycles. The van der Waals surface area contributed by atoms with Crippen LogP contribution in [0.1, 0.15) is 41.6 Å². The van der Waals surface area contributed by atoms with E-state index >= 15 is 0 Å². The van der Waals surface area contributed by atoms with Gasteiger partial charge >= 0.3 is 0 Å². The van der Waals surface area contributed by atoms with Gasteiger partial charge in [-0.2, -0.15) is 0 Å². The van der Waals surface area contributed by atoms with Crippen molar-refractivity contribution in [2.24, 2.45) is 5.92 Å². The third-order valence-corrected chi connectivity index (χ3v) is 4.56. The third-order valence-electron chi connectivity index (χ3n) is 4.56. The van der Waals surface area contributed by atoms with Crippen molar-refractivity contribution in [2.45, 2.75) is 31.1 Å². The van der Waals surface area contributed by atoms with Gasteiger partial charge in [0.1, 0.15) is 0 Å². The van der Waals surface area contributed by atoms with Gasteiger partial charge < -0.3 is 4.98 Å². The number of rotatable bonds is 3. The molecule has 0 saturated heterocycles. The first-order valence-corrected chi connectivity index (χ1v) is 6.40. The number of H-pyrrole nitrogens is 1. The Hall–Kier alpha value is -1.57. The van der Waals surface area contributed by atoms with Gasteiger partial charge in [0.2, 0.25) is 0 Å². The minimum Gasteiger partial charge on any atom is -0.360 e. The molecular formula is C15H15NO. The molecule has 0 spiro atoms. The summed E-state index contributed by atoms with van der Waals surface area (Å²) in [5.41, 5.74) is 3.85. The molecule has 2 heteroatoms. The normalized spacial score (nSPS) is 21.6. The molecule has 2 nitrogen and oxygen atoms in total. The number of benzene rings is 1. The average Bonchev–Trinajstić information content (AvgIpc) is 3.22. The topological polar surface area (TPSA) is 32.9 Å². The van der Waals surface area contributed by atoms with Crippen molar-refractivity contribution >= 4 is 17.2 Å². The zero-order valence-corrected chi connectivity index (χ0v) is 9.70. The van der Waals surface area contributed by atoms with Gasteiger partial charge in [-0.3, -0.25) is 4.79 Å². The largest absolute Gasteiger partial charge is 0.360 e. The lowest BCUT2D eigenvalue weighted by Gasteiger charge is -2.14. The lowest BCUT2D eigenvalue weighted by Crippen LogP contribution is -2.08. The smallest absolute Gasteiger partial charge is 0.152 e. The second kappa shape index (κ2) is 3.00. The molecule has 0 amide bonds. The van der Waals surface area contributed by atoms with E-state index in [4.69, 9.17) is 0 Å². The Morgan fingerprint density at radius 3 is 2.76 bits per heavy atom. The highest BCUT2D eigenvalue weighted by Crippen LogP contribution is 2.62. The molecule has 17 heavy (non-hydrogen) atoms. The summed E-state index contributed by atoms with van der Waals surface area (Å²) in [5, 5.41) is 1.05. The van der Waals surface area contributed by atoms with Crippen LogP contribution in [-0.4, -0.2) is 11.3 Å². The molecule has 0 atom stereocenters. The van der Waals surface area contributed by atoms with Gasteiger partial charge in [-0.15, -0.1) is 0 Å².